The lowest BCUT2D eigenvalue weighted by Gasteiger charge is -2.20. The summed E-state index contributed by atoms with van der Waals surface area (Å²) in [5, 5.41) is 0. The summed E-state index contributed by atoms with van der Waals surface area (Å²) in [5.74, 6) is 2.23. The molecule has 3 atom stereocenters. The van der Waals surface area contributed by atoms with Gasteiger partial charge in [-0.3, -0.25) is 0 Å². The summed E-state index contributed by atoms with van der Waals surface area (Å²) < 4.78 is 35.7. The van der Waals surface area contributed by atoms with Crippen molar-refractivity contribution in [3.8, 4) is 0 Å². The number of fused-ring (bicyclic) bond motifs is 1. The normalized spacial score (nSPS) is 36.4. The highest BCUT2D eigenvalue weighted by atomic mass is 19.4. The molecule has 0 bridgehead atoms. The molecule has 0 amide bonds. The van der Waals surface area contributed by atoms with Crippen molar-refractivity contribution in [3.05, 3.63) is 0 Å². The van der Waals surface area contributed by atoms with E-state index >= 15 is 0 Å². The van der Waals surface area contributed by atoms with Gasteiger partial charge in [-0.1, -0.05) is 0 Å². The first-order valence-electron chi connectivity index (χ1n) is 5.78. The Kier molecular flexibility index (Phi) is 2.97. The van der Waals surface area contributed by atoms with Gasteiger partial charge < -0.3 is 5.73 Å². The maximum atomic E-state index is 11.9. The molecular formula is C11H18F3N. The topological polar surface area (TPSA) is 26.0 Å². The highest BCUT2D eigenvalue weighted by molar-refractivity contribution is 4.98. The van der Waals surface area contributed by atoms with Crippen molar-refractivity contribution in [1.29, 1.82) is 0 Å². The maximum absolute atomic E-state index is 11.9. The van der Waals surface area contributed by atoms with Crippen LogP contribution in [0.25, 0.3) is 0 Å². The minimum Gasteiger partial charge on any atom is -0.327 e. The molecule has 2 saturated carbocycles. The zero-order valence-corrected chi connectivity index (χ0v) is 8.76. The Balaban J connectivity index is 1.62. The molecule has 88 valence electrons. The summed E-state index contributed by atoms with van der Waals surface area (Å²) in [7, 11) is 0. The van der Waals surface area contributed by atoms with Gasteiger partial charge in [-0.2, -0.15) is 13.2 Å². The van der Waals surface area contributed by atoms with Crippen LogP contribution < -0.4 is 5.73 Å². The molecule has 2 aliphatic rings. The molecule has 0 spiro atoms. The fraction of sp³-hybridized carbons (Fsp3) is 1.00. The summed E-state index contributed by atoms with van der Waals surface area (Å²) in [4.78, 5) is 0. The van der Waals surface area contributed by atoms with Crippen LogP contribution in [0.1, 0.15) is 38.5 Å². The van der Waals surface area contributed by atoms with E-state index in [1.165, 1.54) is 6.42 Å². The zero-order chi connectivity index (χ0) is 11.1. The van der Waals surface area contributed by atoms with Gasteiger partial charge in [0.25, 0.3) is 0 Å². The Morgan fingerprint density at radius 3 is 2.27 bits per heavy atom. The van der Waals surface area contributed by atoms with Crippen molar-refractivity contribution in [1.82, 2.24) is 0 Å². The monoisotopic (exact) mass is 221 g/mol. The Morgan fingerprint density at radius 1 is 1.13 bits per heavy atom. The summed E-state index contributed by atoms with van der Waals surface area (Å²) in [6.07, 6.45) is -0.306. The molecule has 1 nitrogen and oxygen atoms in total. The molecule has 15 heavy (non-hydrogen) atoms. The smallest absolute Gasteiger partial charge is 0.327 e. The van der Waals surface area contributed by atoms with E-state index in [0.717, 1.165) is 24.7 Å². The van der Waals surface area contributed by atoms with Crippen molar-refractivity contribution in [2.75, 3.05) is 0 Å². The third-order valence-electron chi connectivity index (χ3n) is 3.88. The number of alkyl halides is 3. The molecule has 0 aromatic heterocycles. The van der Waals surface area contributed by atoms with Gasteiger partial charge in [0, 0.05) is 12.5 Å². The maximum Gasteiger partial charge on any atom is 0.389 e. The molecule has 2 rings (SSSR count). The van der Waals surface area contributed by atoms with E-state index < -0.39 is 12.6 Å². The summed E-state index contributed by atoms with van der Waals surface area (Å²) >= 11 is 0. The lowest BCUT2D eigenvalue weighted by atomic mass is 9.91. The number of nitrogens with two attached hydrogens (primary N) is 1. The quantitative estimate of drug-likeness (QED) is 0.775. The molecule has 0 radical (unpaired) electrons. The Hall–Kier alpha value is -0.250. The van der Waals surface area contributed by atoms with E-state index in [9.17, 15) is 13.2 Å². The van der Waals surface area contributed by atoms with Gasteiger partial charge >= 0.3 is 6.18 Å². The van der Waals surface area contributed by atoms with E-state index in [1.807, 2.05) is 0 Å². The fourth-order valence-electron chi connectivity index (χ4n) is 2.89. The van der Waals surface area contributed by atoms with Gasteiger partial charge in [0.15, 0.2) is 0 Å². The number of hydrogen-bond donors (Lipinski definition) is 1. The fourth-order valence-corrected chi connectivity index (χ4v) is 2.89. The van der Waals surface area contributed by atoms with Gasteiger partial charge in [-0.05, 0) is 49.9 Å². The number of hydrogen-bond acceptors (Lipinski definition) is 1. The molecule has 0 heterocycles. The van der Waals surface area contributed by atoms with Gasteiger partial charge in [0.05, 0.1) is 0 Å². The van der Waals surface area contributed by atoms with E-state index in [0.29, 0.717) is 12.3 Å². The lowest BCUT2D eigenvalue weighted by Crippen LogP contribution is -2.29. The first kappa shape index (κ1) is 11.2. The summed E-state index contributed by atoms with van der Waals surface area (Å²) in [6.45, 7) is 0. The van der Waals surface area contributed by atoms with Crippen molar-refractivity contribution in [2.24, 2.45) is 23.5 Å². The van der Waals surface area contributed by atoms with E-state index in [4.69, 9.17) is 5.73 Å². The number of rotatable bonds is 4. The minimum absolute atomic E-state index is 0.000139. The van der Waals surface area contributed by atoms with Gasteiger partial charge in [-0.25, -0.2) is 0 Å². The van der Waals surface area contributed by atoms with Crippen molar-refractivity contribution in [2.45, 2.75) is 50.7 Å². The van der Waals surface area contributed by atoms with Crippen LogP contribution in [0.4, 0.5) is 13.2 Å². The highest BCUT2D eigenvalue weighted by Gasteiger charge is 2.47. The van der Waals surface area contributed by atoms with Crippen LogP contribution in [0.15, 0.2) is 0 Å². The van der Waals surface area contributed by atoms with Crippen LogP contribution in [0.2, 0.25) is 0 Å². The second-order valence-electron chi connectivity index (χ2n) is 5.16. The van der Waals surface area contributed by atoms with E-state index in [1.54, 1.807) is 0 Å². The largest absolute Gasteiger partial charge is 0.389 e. The Bertz CT molecular complexity index is 216. The van der Waals surface area contributed by atoms with Crippen LogP contribution in [0.5, 0.6) is 0 Å². The third kappa shape index (κ3) is 3.10. The standard InChI is InChI=1S/C11H18F3N/c12-11(13,14)3-1-2-10(15)9-5-7-4-8(7)6-9/h7-10H,1-6,15H2. The zero-order valence-electron chi connectivity index (χ0n) is 8.76. The predicted octanol–water partition coefficient (Wildman–Crippen LogP) is 3.09. The van der Waals surface area contributed by atoms with Crippen molar-refractivity contribution >= 4 is 0 Å². The molecular weight excluding hydrogens is 203 g/mol. The van der Waals surface area contributed by atoms with Crippen molar-refractivity contribution in [3.63, 3.8) is 0 Å². The van der Waals surface area contributed by atoms with Crippen molar-refractivity contribution < 1.29 is 13.2 Å². The molecule has 2 N–H and O–H groups in total. The first-order chi connectivity index (χ1) is 6.96. The van der Waals surface area contributed by atoms with Crippen LogP contribution in [-0.2, 0) is 0 Å². The molecule has 2 fully saturated rings. The average Bonchev–Trinajstić information content (AvgIpc) is 2.71. The van der Waals surface area contributed by atoms with Crippen LogP contribution >= 0.6 is 0 Å². The Labute approximate surface area is 88.2 Å². The van der Waals surface area contributed by atoms with Crippen LogP contribution in [0.3, 0.4) is 0 Å². The predicted molar refractivity (Wildman–Crippen MR) is 52.2 cm³/mol. The van der Waals surface area contributed by atoms with Gasteiger partial charge in [-0.15, -0.1) is 0 Å². The third-order valence-corrected chi connectivity index (χ3v) is 3.88. The highest BCUT2D eigenvalue weighted by Crippen LogP contribution is 2.55. The summed E-state index contributed by atoms with van der Waals surface area (Å²) in [6, 6.07) is 0.000139. The second kappa shape index (κ2) is 3.96. The van der Waals surface area contributed by atoms with Gasteiger partial charge in [0.2, 0.25) is 0 Å². The molecule has 0 saturated heterocycles. The summed E-state index contributed by atoms with van der Waals surface area (Å²) in [5.41, 5.74) is 5.92. The van der Waals surface area contributed by atoms with Crippen LogP contribution in [0, 0.1) is 17.8 Å². The number of halogens is 3. The Morgan fingerprint density at radius 2 is 1.73 bits per heavy atom. The van der Waals surface area contributed by atoms with E-state index in [-0.39, 0.29) is 12.5 Å². The van der Waals surface area contributed by atoms with E-state index in [2.05, 4.69) is 0 Å². The molecule has 0 aromatic rings. The minimum atomic E-state index is -4.02. The molecule has 0 aliphatic heterocycles. The molecule has 0 aromatic carbocycles. The SMILES string of the molecule is NC(CCCC(F)(F)F)C1CC2CC2C1. The molecule has 4 heteroatoms. The first-order valence-corrected chi connectivity index (χ1v) is 5.78. The van der Waals surface area contributed by atoms with Gasteiger partial charge in [0.1, 0.15) is 0 Å². The average molecular weight is 221 g/mol. The lowest BCUT2D eigenvalue weighted by molar-refractivity contribution is -0.135. The molecule has 2 aliphatic carbocycles. The second-order valence-corrected chi connectivity index (χ2v) is 5.16. The van der Waals surface area contributed by atoms with Crippen LogP contribution in [-0.4, -0.2) is 12.2 Å². The molecule has 3 unspecified atom stereocenters.